The lowest BCUT2D eigenvalue weighted by atomic mass is 10.1. The van der Waals surface area contributed by atoms with Crippen molar-refractivity contribution in [2.45, 2.75) is 20.4 Å². The molecule has 0 aliphatic carbocycles. The van der Waals surface area contributed by atoms with Crippen LogP contribution in [0.4, 0.5) is 0 Å². The van der Waals surface area contributed by atoms with Crippen molar-refractivity contribution in [1.29, 1.82) is 0 Å². The molecular weight excluding hydrogens is 234 g/mol. The summed E-state index contributed by atoms with van der Waals surface area (Å²) in [7, 11) is 1.25. The van der Waals surface area contributed by atoms with Crippen LogP contribution in [0.25, 0.3) is 0 Å². The summed E-state index contributed by atoms with van der Waals surface area (Å²) < 4.78 is 4.58. The van der Waals surface area contributed by atoms with E-state index in [0.717, 1.165) is 13.1 Å². The van der Waals surface area contributed by atoms with Gasteiger partial charge >= 0.3 is 5.97 Å². The minimum atomic E-state index is -0.617. The molecule has 5 nitrogen and oxygen atoms in total. The van der Waals surface area contributed by atoms with Crippen LogP contribution in [-0.2, 0) is 11.3 Å². The number of ether oxygens (including phenoxy) is 1. The number of methoxy groups -OCH3 is 1. The van der Waals surface area contributed by atoms with E-state index >= 15 is 0 Å². The summed E-state index contributed by atoms with van der Waals surface area (Å²) in [5, 5.41) is 19.8. The van der Waals surface area contributed by atoms with Crippen LogP contribution >= 0.6 is 0 Å². The van der Waals surface area contributed by atoms with Crippen molar-refractivity contribution in [1.82, 2.24) is 4.90 Å². The maximum Gasteiger partial charge on any atom is 0.341 e. The number of nitrogens with zero attached hydrogens (tertiary/aromatic N) is 1. The second-order valence-electron chi connectivity index (χ2n) is 3.91. The zero-order chi connectivity index (χ0) is 13.7. The minimum Gasteiger partial charge on any atom is -0.507 e. The predicted octanol–water partition coefficient (Wildman–Crippen LogP) is 1.73. The molecule has 0 unspecified atom stereocenters. The molecule has 0 spiro atoms. The highest BCUT2D eigenvalue weighted by Crippen LogP contribution is 2.32. The van der Waals surface area contributed by atoms with Crippen LogP contribution in [0, 0.1) is 0 Å². The van der Waals surface area contributed by atoms with Gasteiger partial charge in [0.1, 0.15) is 17.1 Å². The molecule has 0 saturated heterocycles. The molecule has 5 heteroatoms. The molecule has 100 valence electrons. The quantitative estimate of drug-likeness (QED) is 0.782. The van der Waals surface area contributed by atoms with E-state index in [1.54, 1.807) is 0 Å². The molecule has 0 aliphatic heterocycles. The lowest BCUT2D eigenvalue weighted by molar-refractivity contribution is 0.0597. The van der Waals surface area contributed by atoms with Crippen LogP contribution in [0.1, 0.15) is 29.8 Å². The molecule has 0 atom stereocenters. The summed E-state index contributed by atoms with van der Waals surface area (Å²) in [5.74, 6) is -0.853. The molecule has 2 N–H and O–H groups in total. The molecule has 18 heavy (non-hydrogen) atoms. The zero-order valence-electron chi connectivity index (χ0n) is 10.9. The number of hydrogen-bond donors (Lipinski definition) is 2. The molecule has 1 rings (SSSR count). The highest BCUT2D eigenvalue weighted by Gasteiger charge is 2.19. The number of rotatable bonds is 5. The van der Waals surface area contributed by atoms with Crippen LogP contribution in [0.3, 0.4) is 0 Å². The van der Waals surface area contributed by atoms with Gasteiger partial charge in [0.05, 0.1) is 12.7 Å². The molecule has 0 amide bonds. The van der Waals surface area contributed by atoms with Crippen LogP contribution in [0.5, 0.6) is 11.5 Å². The largest absolute Gasteiger partial charge is 0.507 e. The minimum absolute atomic E-state index is 0.0212. The highest BCUT2D eigenvalue weighted by atomic mass is 16.5. The Morgan fingerprint density at radius 3 is 2.39 bits per heavy atom. The van der Waals surface area contributed by atoms with Crippen molar-refractivity contribution < 1.29 is 19.7 Å². The lowest BCUT2D eigenvalue weighted by Crippen LogP contribution is -2.22. The fourth-order valence-corrected chi connectivity index (χ4v) is 1.73. The Hall–Kier alpha value is -1.75. The normalized spacial score (nSPS) is 10.7. The van der Waals surface area contributed by atoms with Crippen LogP contribution in [0.15, 0.2) is 12.1 Å². The third kappa shape index (κ3) is 2.92. The van der Waals surface area contributed by atoms with Gasteiger partial charge in [-0.25, -0.2) is 4.79 Å². The topological polar surface area (TPSA) is 70.0 Å². The molecule has 0 heterocycles. The molecule has 0 radical (unpaired) electrons. The van der Waals surface area contributed by atoms with E-state index in [4.69, 9.17) is 0 Å². The second kappa shape index (κ2) is 6.26. The summed E-state index contributed by atoms with van der Waals surface area (Å²) in [6.07, 6.45) is 0. The van der Waals surface area contributed by atoms with Crippen molar-refractivity contribution in [3.63, 3.8) is 0 Å². The molecule has 0 aliphatic rings. The van der Waals surface area contributed by atoms with E-state index in [1.165, 1.54) is 19.2 Å². The summed E-state index contributed by atoms with van der Waals surface area (Å²) >= 11 is 0. The number of aromatic hydroxyl groups is 2. The second-order valence-corrected chi connectivity index (χ2v) is 3.91. The highest BCUT2D eigenvalue weighted by molar-refractivity contribution is 5.93. The molecule has 1 aromatic carbocycles. The van der Waals surface area contributed by atoms with Gasteiger partial charge in [-0.15, -0.1) is 0 Å². The van der Waals surface area contributed by atoms with E-state index in [9.17, 15) is 15.0 Å². The van der Waals surface area contributed by atoms with Crippen molar-refractivity contribution in [2.24, 2.45) is 0 Å². The first kappa shape index (κ1) is 14.3. The van der Waals surface area contributed by atoms with Crippen LogP contribution in [0.2, 0.25) is 0 Å². The van der Waals surface area contributed by atoms with Gasteiger partial charge in [0, 0.05) is 6.54 Å². The molecular formula is C13H19NO4. The first-order valence-corrected chi connectivity index (χ1v) is 5.89. The van der Waals surface area contributed by atoms with Crippen molar-refractivity contribution in [2.75, 3.05) is 20.2 Å². The van der Waals surface area contributed by atoms with E-state index in [1.807, 2.05) is 18.7 Å². The summed E-state index contributed by atoms with van der Waals surface area (Å²) in [6, 6.07) is 2.74. The van der Waals surface area contributed by atoms with Gasteiger partial charge in [0.15, 0.2) is 0 Å². The first-order valence-electron chi connectivity index (χ1n) is 5.89. The summed E-state index contributed by atoms with van der Waals surface area (Å²) in [5.41, 5.74) is 0.416. The van der Waals surface area contributed by atoms with Gasteiger partial charge in [-0.2, -0.15) is 0 Å². The number of carbonyl (C=O) groups excluding carboxylic acids is 1. The van der Waals surface area contributed by atoms with E-state index in [0.29, 0.717) is 12.1 Å². The standard InChI is InChI=1S/C13H19NO4/c1-4-14(5-2)8-10-11(15)7-6-9(12(10)16)13(17)18-3/h6-7,15-16H,4-5,8H2,1-3H3. The van der Waals surface area contributed by atoms with Gasteiger partial charge in [0.2, 0.25) is 0 Å². The smallest absolute Gasteiger partial charge is 0.341 e. The number of phenolic OH excluding ortho intramolecular Hbond substituents is 2. The van der Waals surface area contributed by atoms with E-state index < -0.39 is 5.97 Å². The lowest BCUT2D eigenvalue weighted by Gasteiger charge is -2.20. The fourth-order valence-electron chi connectivity index (χ4n) is 1.73. The predicted molar refractivity (Wildman–Crippen MR) is 67.7 cm³/mol. The van der Waals surface area contributed by atoms with Crippen molar-refractivity contribution in [3.8, 4) is 11.5 Å². The summed E-state index contributed by atoms with van der Waals surface area (Å²) in [4.78, 5) is 13.5. The van der Waals surface area contributed by atoms with Crippen LogP contribution < -0.4 is 0 Å². The number of benzene rings is 1. The third-order valence-corrected chi connectivity index (χ3v) is 2.94. The Morgan fingerprint density at radius 2 is 1.89 bits per heavy atom. The van der Waals surface area contributed by atoms with E-state index in [2.05, 4.69) is 4.74 Å². The Labute approximate surface area is 107 Å². The molecule has 0 bridgehead atoms. The molecule has 0 aromatic heterocycles. The molecule has 1 aromatic rings. The number of esters is 1. The SMILES string of the molecule is CCN(CC)Cc1c(O)ccc(C(=O)OC)c1O. The monoisotopic (exact) mass is 253 g/mol. The average molecular weight is 253 g/mol. The van der Waals surface area contributed by atoms with Crippen molar-refractivity contribution >= 4 is 5.97 Å². The van der Waals surface area contributed by atoms with Gasteiger partial charge in [-0.3, -0.25) is 4.90 Å². The van der Waals surface area contributed by atoms with Crippen molar-refractivity contribution in [3.05, 3.63) is 23.3 Å². The molecule has 0 saturated carbocycles. The van der Waals surface area contributed by atoms with E-state index in [-0.39, 0.29) is 17.1 Å². The number of hydrogen-bond acceptors (Lipinski definition) is 5. The van der Waals surface area contributed by atoms with Gasteiger partial charge in [0.25, 0.3) is 0 Å². The number of carbonyl (C=O) groups is 1. The summed E-state index contributed by atoms with van der Waals surface area (Å²) in [6.45, 7) is 5.94. The zero-order valence-corrected chi connectivity index (χ0v) is 10.9. The Kier molecular flexibility index (Phi) is 4.97. The van der Waals surface area contributed by atoms with Gasteiger partial charge < -0.3 is 14.9 Å². The average Bonchev–Trinajstić information content (AvgIpc) is 2.38. The molecule has 0 fully saturated rings. The van der Waals surface area contributed by atoms with Gasteiger partial charge in [-0.05, 0) is 25.2 Å². The third-order valence-electron chi connectivity index (χ3n) is 2.94. The maximum absolute atomic E-state index is 11.4. The Bertz CT molecular complexity index is 427. The maximum atomic E-state index is 11.4. The Balaban J connectivity index is 3.14. The fraction of sp³-hybridized carbons (Fsp3) is 0.462. The van der Waals surface area contributed by atoms with Gasteiger partial charge in [-0.1, -0.05) is 13.8 Å². The first-order chi connectivity index (χ1) is 8.54. The number of phenols is 2. The van der Waals surface area contributed by atoms with Crippen LogP contribution in [-0.4, -0.2) is 41.3 Å². The Morgan fingerprint density at radius 1 is 1.28 bits per heavy atom.